The number of nitrogens with one attached hydrogen (secondary N) is 1. The minimum atomic E-state index is -4.37. The Balaban J connectivity index is 1.90. The maximum Gasteiger partial charge on any atom is 0.418 e. The number of hydrogen-bond donors (Lipinski definition) is 1. The van der Waals surface area contributed by atoms with Crippen molar-refractivity contribution in [1.82, 2.24) is 0 Å². The highest BCUT2D eigenvalue weighted by atomic mass is 19.4. The molecule has 0 aromatic heterocycles. The molecule has 0 spiro atoms. The molecule has 0 saturated heterocycles. The van der Waals surface area contributed by atoms with Crippen LogP contribution in [-0.4, -0.2) is 6.61 Å². The summed E-state index contributed by atoms with van der Waals surface area (Å²) in [6, 6.07) is 12.6. The van der Waals surface area contributed by atoms with Crippen molar-refractivity contribution in [1.29, 1.82) is 0 Å². The fraction of sp³-hybridized carbons (Fsp3) is 0.200. The predicted molar refractivity (Wildman–Crippen MR) is 69.7 cm³/mol. The second-order valence-electron chi connectivity index (χ2n) is 4.59. The highest BCUT2D eigenvalue weighted by molar-refractivity contribution is 5.55. The summed E-state index contributed by atoms with van der Waals surface area (Å²) >= 11 is 0. The molecule has 0 aliphatic carbocycles. The van der Waals surface area contributed by atoms with E-state index in [2.05, 4.69) is 5.32 Å². The monoisotopic (exact) mass is 279 g/mol. The SMILES string of the molecule is FC(F)(F)c1ccccc1NC1COc2ccccc21. The first kappa shape index (κ1) is 12.8. The molecule has 1 aliphatic rings. The van der Waals surface area contributed by atoms with Gasteiger partial charge in [0.1, 0.15) is 12.4 Å². The van der Waals surface area contributed by atoms with Crippen molar-refractivity contribution < 1.29 is 17.9 Å². The van der Waals surface area contributed by atoms with Crippen molar-refractivity contribution in [3.8, 4) is 5.75 Å². The first-order chi connectivity index (χ1) is 9.55. The van der Waals surface area contributed by atoms with Crippen LogP contribution in [0.2, 0.25) is 0 Å². The third kappa shape index (κ3) is 2.31. The maximum atomic E-state index is 12.9. The van der Waals surface area contributed by atoms with Gasteiger partial charge >= 0.3 is 6.18 Å². The molecule has 104 valence electrons. The van der Waals surface area contributed by atoms with E-state index in [4.69, 9.17) is 4.74 Å². The molecule has 1 heterocycles. The molecule has 0 amide bonds. The highest BCUT2D eigenvalue weighted by Gasteiger charge is 2.34. The molecule has 0 fully saturated rings. The number of fused-ring (bicyclic) bond motifs is 1. The van der Waals surface area contributed by atoms with Gasteiger partial charge in [-0.3, -0.25) is 0 Å². The maximum absolute atomic E-state index is 12.9. The van der Waals surface area contributed by atoms with Crippen LogP contribution >= 0.6 is 0 Å². The van der Waals surface area contributed by atoms with E-state index in [1.807, 2.05) is 24.3 Å². The van der Waals surface area contributed by atoms with Crippen LogP contribution in [0.3, 0.4) is 0 Å². The van der Waals surface area contributed by atoms with E-state index in [1.54, 1.807) is 6.07 Å². The van der Waals surface area contributed by atoms with Gasteiger partial charge in [0, 0.05) is 11.3 Å². The van der Waals surface area contributed by atoms with Gasteiger partial charge in [0.15, 0.2) is 0 Å². The van der Waals surface area contributed by atoms with Crippen molar-refractivity contribution in [2.75, 3.05) is 11.9 Å². The summed E-state index contributed by atoms with van der Waals surface area (Å²) in [6.07, 6.45) is -4.37. The van der Waals surface area contributed by atoms with Crippen molar-refractivity contribution >= 4 is 5.69 Å². The van der Waals surface area contributed by atoms with Gasteiger partial charge in [0.25, 0.3) is 0 Å². The van der Waals surface area contributed by atoms with Crippen LogP contribution in [0, 0.1) is 0 Å². The zero-order valence-electron chi connectivity index (χ0n) is 10.4. The molecule has 0 radical (unpaired) electrons. The number of anilines is 1. The van der Waals surface area contributed by atoms with Gasteiger partial charge in [-0.05, 0) is 18.2 Å². The number of halogens is 3. The van der Waals surface area contributed by atoms with Gasteiger partial charge < -0.3 is 10.1 Å². The minimum Gasteiger partial charge on any atom is -0.491 e. The fourth-order valence-corrected chi connectivity index (χ4v) is 2.33. The lowest BCUT2D eigenvalue weighted by Gasteiger charge is -2.18. The summed E-state index contributed by atoms with van der Waals surface area (Å²) in [5.74, 6) is 0.717. The van der Waals surface area contributed by atoms with E-state index in [1.165, 1.54) is 12.1 Å². The molecule has 1 unspecified atom stereocenters. The van der Waals surface area contributed by atoms with Crippen LogP contribution in [-0.2, 0) is 6.18 Å². The Morgan fingerprint density at radius 1 is 1.00 bits per heavy atom. The minimum absolute atomic E-state index is 0.0744. The lowest BCUT2D eigenvalue weighted by molar-refractivity contribution is -0.137. The summed E-state index contributed by atoms with van der Waals surface area (Å²) in [6.45, 7) is 0.325. The number of rotatable bonds is 2. The Bertz CT molecular complexity index is 625. The van der Waals surface area contributed by atoms with Gasteiger partial charge in [-0.2, -0.15) is 13.2 Å². The van der Waals surface area contributed by atoms with E-state index in [0.717, 1.165) is 17.4 Å². The van der Waals surface area contributed by atoms with Gasteiger partial charge in [-0.25, -0.2) is 0 Å². The summed E-state index contributed by atoms with van der Waals surface area (Å²) < 4.78 is 44.3. The number of benzene rings is 2. The normalized spacial score (nSPS) is 17.4. The zero-order valence-corrected chi connectivity index (χ0v) is 10.4. The van der Waals surface area contributed by atoms with Crippen molar-refractivity contribution in [2.24, 2.45) is 0 Å². The van der Waals surface area contributed by atoms with E-state index >= 15 is 0 Å². The molecule has 0 bridgehead atoms. The Morgan fingerprint density at radius 3 is 2.50 bits per heavy atom. The quantitative estimate of drug-likeness (QED) is 0.887. The van der Waals surface area contributed by atoms with Gasteiger partial charge in [0.2, 0.25) is 0 Å². The summed E-state index contributed by atoms with van der Waals surface area (Å²) in [5, 5.41) is 2.93. The average molecular weight is 279 g/mol. The lowest BCUT2D eigenvalue weighted by atomic mass is 10.1. The lowest BCUT2D eigenvalue weighted by Crippen LogP contribution is -2.16. The standard InChI is InChI=1S/C15H12F3NO/c16-15(17,18)11-6-2-3-7-12(11)19-13-9-20-14-8-4-1-5-10(13)14/h1-8,13,19H,9H2. The second-order valence-corrected chi connectivity index (χ2v) is 4.59. The molecule has 1 atom stereocenters. The van der Waals surface area contributed by atoms with E-state index < -0.39 is 11.7 Å². The molecule has 2 aromatic rings. The van der Waals surface area contributed by atoms with Crippen LogP contribution in [0.4, 0.5) is 18.9 Å². The molecular formula is C15H12F3NO. The Kier molecular flexibility index (Phi) is 3.04. The molecule has 5 heteroatoms. The first-order valence-corrected chi connectivity index (χ1v) is 6.20. The molecule has 2 aromatic carbocycles. The molecule has 1 aliphatic heterocycles. The second kappa shape index (κ2) is 4.74. The van der Waals surface area contributed by atoms with E-state index in [-0.39, 0.29) is 11.7 Å². The number of para-hydroxylation sites is 2. The van der Waals surface area contributed by atoms with Crippen LogP contribution in [0.25, 0.3) is 0 Å². The van der Waals surface area contributed by atoms with Crippen molar-refractivity contribution in [3.63, 3.8) is 0 Å². The van der Waals surface area contributed by atoms with Crippen LogP contribution in [0.15, 0.2) is 48.5 Å². The molecule has 2 nitrogen and oxygen atoms in total. The molecule has 1 N–H and O–H groups in total. The molecular weight excluding hydrogens is 267 g/mol. The van der Waals surface area contributed by atoms with Crippen LogP contribution < -0.4 is 10.1 Å². The molecule has 20 heavy (non-hydrogen) atoms. The van der Waals surface area contributed by atoms with Crippen LogP contribution in [0.1, 0.15) is 17.2 Å². The smallest absolute Gasteiger partial charge is 0.418 e. The van der Waals surface area contributed by atoms with Crippen molar-refractivity contribution in [3.05, 3.63) is 59.7 Å². The molecule has 3 rings (SSSR count). The summed E-state index contributed by atoms with van der Waals surface area (Å²) in [5.41, 5.74) is 0.291. The zero-order chi connectivity index (χ0) is 14.2. The van der Waals surface area contributed by atoms with E-state index in [0.29, 0.717) is 6.61 Å². The topological polar surface area (TPSA) is 21.3 Å². The first-order valence-electron chi connectivity index (χ1n) is 6.20. The third-order valence-corrected chi connectivity index (χ3v) is 3.26. The summed E-state index contributed by atoms with van der Waals surface area (Å²) in [7, 11) is 0. The van der Waals surface area contributed by atoms with Crippen molar-refractivity contribution in [2.45, 2.75) is 12.2 Å². The fourth-order valence-electron chi connectivity index (χ4n) is 2.33. The average Bonchev–Trinajstić information content (AvgIpc) is 2.82. The molecule has 0 saturated carbocycles. The Morgan fingerprint density at radius 2 is 1.70 bits per heavy atom. The third-order valence-electron chi connectivity index (χ3n) is 3.26. The number of hydrogen-bond acceptors (Lipinski definition) is 2. The van der Waals surface area contributed by atoms with Gasteiger partial charge in [0.05, 0.1) is 11.6 Å². The Hall–Kier alpha value is -2.17. The number of alkyl halides is 3. The Labute approximate surface area is 114 Å². The van der Waals surface area contributed by atoms with E-state index in [9.17, 15) is 13.2 Å². The predicted octanol–water partition coefficient (Wildman–Crippen LogP) is 4.25. The summed E-state index contributed by atoms with van der Waals surface area (Å²) in [4.78, 5) is 0. The van der Waals surface area contributed by atoms with Crippen LogP contribution in [0.5, 0.6) is 5.75 Å². The number of ether oxygens (including phenoxy) is 1. The largest absolute Gasteiger partial charge is 0.491 e. The van der Waals surface area contributed by atoms with Gasteiger partial charge in [-0.15, -0.1) is 0 Å². The van der Waals surface area contributed by atoms with Gasteiger partial charge in [-0.1, -0.05) is 30.3 Å². The highest BCUT2D eigenvalue weighted by Crippen LogP contribution is 2.38.